The molecule has 134 valence electrons. The van der Waals surface area contributed by atoms with E-state index in [1.54, 1.807) is 37.3 Å². The smallest absolute Gasteiger partial charge is 0.411 e. The summed E-state index contributed by atoms with van der Waals surface area (Å²) in [6, 6.07) is 14.5. The van der Waals surface area contributed by atoms with Crippen molar-refractivity contribution in [2.75, 3.05) is 17.2 Å². The van der Waals surface area contributed by atoms with Crippen molar-refractivity contribution < 1.29 is 14.3 Å². The van der Waals surface area contributed by atoms with Gasteiger partial charge in [0.25, 0.3) is 0 Å². The van der Waals surface area contributed by atoms with Gasteiger partial charge in [0.15, 0.2) is 0 Å². The number of amides is 2. The van der Waals surface area contributed by atoms with Crippen LogP contribution in [0.3, 0.4) is 0 Å². The van der Waals surface area contributed by atoms with E-state index in [4.69, 9.17) is 10.00 Å². The Bertz CT molecular complexity index is 823. The van der Waals surface area contributed by atoms with Crippen LogP contribution in [0.15, 0.2) is 42.5 Å². The largest absolute Gasteiger partial charge is 0.450 e. The number of anilines is 2. The molecule has 2 aromatic carbocycles. The van der Waals surface area contributed by atoms with E-state index >= 15 is 0 Å². The van der Waals surface area contributed by atoms with E-state index in [0.717, 1.165) is 11.1 Å². The molecule has 2 aromatic rings. The number of carbonyl (C=O) groups is 2. The molecule has 6 heteroatoms. The third-order valence-electron chi connectivity index (χ3n) is 3.84. The minimum Gasteiger partial charge on any atom is -0.450 e. The molecule has 0 atom stereocenters. The standard InChI is InChI=1S/C20H21N3O3/c1-3-26-20(25)23-18-6-4-5-17(14(18)2)22-19(24)12-11-15-7-9-16(13-21)10-8-15/h4-10H,3,11-12H2,1-2H3,(H,22,24)(H,23,25). The molecule has 2 N–H and O–H groups in total. The Labute approximate surface area is 152 Å². The van der Waals surface area contributed by atoms with E-state index < -0.39 is 6.09 Å². The maximum Gasteiger partial charge on any atom is 0.411 e. The van der Waals surface area contributed by atoms with Crippen molar-refractivity contribution in [2.24, 2.45) is 0 Å². The van der Waals surface area contributed by atoms with Crippen molar-refractivity contribution in [3.8, 4) is 6.07 Å². The van der Waals surface area contributed by atoms with Crippen molar-refractivity contribution in [3.63, 3.8) is 0 Å². The second kappa shape index (κ2) is 9.23. The van der Waals surface area contributed by atoms with Gasteiger partial charge in [-0.15, -0.1) is 0 Å². The molecule has 2 rings (SSSR count). The number of benzene rings is 2. The van der Waals surface area contributed by atoms with Crippen LogP contribution < -0.4 is 10.6 Å². The van der Waals surface area contributed by atoms with Gasteiger partial charge in [0.1, 0.15) is 0 Å². The molecule has 0 fully saturated rings. The van der Waals surface area contributed by atoms with Gasteiger partial charge in [0.2, 0.25) is 5.91 Å². The Kier molecular flexibility index (Phi) is 6.75. The van der Waals surface area contributed by atoms with E-state index in [-0.39, 0.29) is 12.5 Å². The van der Waals surface area contributed by atoms with Gasteiger partial charge >= 0.3 is 6.09 Å². The molecule has 0 aromatic heterocycles. The highest BCUT2D eigenvalue weighted by Crippen LogP contribution is 2.23. The van der Waals surface area contributed by atoms with Crippen molar-refractivity contribution >= 4 is 23.4 Å². The minimum atomic E-state index is -0.528. The van der Waals surface area contributed by atoms with Crippen molar-refractivity contribution in [1.29, 1.82) is 5.26 Å². The molecule has 0 radical (unpaired) electrons. The van der Waals surface area contributed by atoms with Gasteiger partial charge in [-0.2, -0.15) is 5.26 Å². The van der Waals surface area contributed by atoms with Crippen LogP contribution >= 0.6 is 0 Å². The molecule has 0 aliphatic carbocycles. The third-order valence-corrected chi connectivity index (χ3v) is 3.84. The highest BCUT2D eigenvalue weighted by atomic mass is 16.5. The molecule has 0 saturated carbocycles. The van der Waals surface area contributed by atoms with Crippen molar-refractivity contribution in [1.82, 2.24) is 0 Å². The van der Waals surface area contributed by atoms with E-state index in [1.807, 2.05) is 19.1 Å². The van der Waals surface area contributed by atoms with Gasteiger partial charge in [0.05, 0.1) is 18.2 Å². The highest BCUT2D eigenvalue weighted by molar-refractivity contribution is 5.94. The number of ether oxygens (including phenoxy) is 1. The molecule has 0 aliphatic rings. The van der Waals surface area contributed by atoms with Crippen LogP contribution in [-0.2, 0) is 16.0 Å². The van der Waals surface area contributed by atoms with Crippen LogP contribution in [0.2, 0.25) is 0 Å². The summed E-state index contributed by atoms with van der Waals surface area (Å²) in [5, 5.41) is 14.3. The highest BCUT2D eigenvalue weighted by Gasteiger charge is 2.10. The third kappa shape index (κ3) is 5.35. The number of nitriles is 1. The van der Waals surface area contributed by atoms with E-state index in [1.165, 1.54) is 0 Å². The second-order valence-electron chi connectivity index (χ2n) is 5.68. The zero-order valence-corrected chi connectivity index (χ0v) is 14.8. The maximum absolute atomic E-state index is 12.2. The summed E-state index contributed by atoms with van der Waals surface area (Å²) in [4.78, 5) is 23.8. The maximum atomic E-state index is 12.2. The molecule has 0 bridgehead atoms. The second-order valence-corrected chi connectivity index (χ2v) is 5.68. The lowest BCUT2D eigenvalue weighted by molar-refractivity contribution is -0.116. The van der Waals surface area contributed by atoms with Crippen LogP contribution in [-0.4, -0.2) is 18.6 Å². The molecule has 0 saturated heterocycles. The Morgan fingerprint density at radius 3 is 2.35 bits per heavy atom. The Balaban J connectivity index is 1.95. The molecular weight excluding hydrogens is 330 g/mol. The fraction of sp³-hybridized carbons (Fsp3) is 0.250. The Morgan fingerprint density at radius 1 is 1.08 bits per heavy atom. The summed E-state index contributed by atoms with van der Waals surface area (Å²) in [5.74, 6) is -0.120. The van der Waals surface area contributed by atoms with E-state index in [9.17, 15) is 9.59 Å². The fourth-order valence-electron chi connectivity index (χ4n) is 2.40. The summed E-state index contributed by atoms with van der Waals surface area (Å²) in [7, 11) is 0. The van der Waals surface area contributed by atoms with Gasteiger partial charge in [-0.25, -0.2) is 4.79 Å². The molecule has 0 spiro atoms. The van der Waals surface area contributed by atoms with Crippen molar-refractivity contribution in [3.05, 3.63) is 59.2 Å². The summed E-state index contributed by atoms with van der Waals surface area (Å²) >= 11 is 0. The van der Waals surface area contributed by atoms with Crippen molar-refractivity contribution in [2.45, 2.75) is 26.7 Å². The van der Waals surface area contributed by atoms with E-state index in [0.29, 0.717) is 29.8 Å². The Hall–Kier alpha value is -3.33. The predicted octanol–water partition coefficient (Wildman–Crippen LogP) is 4.01. The monoisotopic (exact) mass is 351 g/mol. The average molecular weight is 351 g/mol. The zero-order chi connectivity index (χ0) is 18.9. The first-order valence-electron chi connectivity index (χ1n) is 8.35. The SMILES string of the molecule is CCOC(=O)Nc1cccc(NC(=O)CCc2ccc(C#N)cc2)c1C. The van der Waals surface area contributed by atoms with Gasteiger partial charge in [-0.1, -0.05) is 18.2 Å². The summed E-state index contributed by atoms with van der Waals surface area (Å²) in [6.07, 6.45) is 0.373. The number of hydrogen-bond acceptors (Lipinski definition) is 4. The minimum absolute atomic E-state index is 0.120. The average Bonchev–Trinajstić information content (AvgIpc) is 2.64. The summed E-state index contributed by atoms with van der Waals surface area (Å²) in [5.41, 5.74) is 3.58. The molecule has 2 amide bonds. The van der Waals surface area contributed by atoms with Crippen LogP contribution in [0.4, 0.5) is 16.2 Å². The van der Waals surface area contributed by atoms with Crippen LogP contribution in [0.5, 0.6) is 0 Å². The van der Waals surface area contributed by atoms with E-state index in [2.05, 4.69) is 16.7 Å². The molecule has 0 heterocycles. The molecule has 0 unspecified atom stereocenters. The van der Waals surface area contributed by atoms with Gasteiger partial charge < -0.3 is 10.1 Å². The van der Waals surface area contributed by atoms with Crippen LogP contribution in [0.25, 0.3) is 0 Å². The molecule has 26 heavy (non-hydrogen) atoms. The van der Waals surface area contributed by atoms with Gasteiger partial charge in [-0.3, -0.25) is 10.1 Å². The number of aryl methyl sites for hydroxylation is 1. The van der Waals surface area contributed by atoms with Crippen LogP contribution in [0.1, 0.15) is 30.0 Å². The number of hydrogen-bond donors (Lipinski definition) is 2. The molecule has 6 nitrogen and oxygen atoms in total. The summed E-state index contributed by atoms with van der Waals surface area (Å²) < 4.78 is 4.87. The quantitative estimate of drug-likeness (QED) is 0.823. The lowest BCUT2D eigenvalue weighted by atomic mass is 10.1. The van der Waals surface area contributed by atoms with Gasteiger partial charge in [-0.05, 0) is 55.7 Å². The lowest BCUT2D eigenvalue weighted by Gasteiger charge is -2.13. The normalized spacial score (nSPS) is 9.88. The predicted molar refractivity (Wildman–Crippen MR) is 99.9 cm³/mol. The van der Waals surface area contributed by atoms with Crippen LogP contribution in [0, 0.1) is 18.3 Å². The number of nitrogens with zero attached hydrogens (tertiary/aromatic N) is 1. The van der Waals surface area contributed by atoms with Gasteiger partial charge in [0, 0.05) is 17.8 Å². The first kappa shape index (κ1) is 19.0. The summed E-state index contributed by atoms with van der Waals surface area (Å²) in [6.45, 7) is 3.84. The lowest BCUT2D eigenvalue weighted by Crippen LogP contribution is -2.16. The molecule has 0 aliphatic heterocycles. The first-order chi connectivity index (χ1) is 12.5. The Morgan fingerprint density at radius 2 is 1.73 bits per heavy atom. The fourth-order valence-corrected chi connectivity index (χ4v) is 2.40. The zero-order valence-electron chi connectivity index (χ0n) is 14.8. The topological polar surface area (TPSA) is 91.2 Å². The first-order valence-corrected chi connectivity index (χ1v) is 8.35. The number of carbonyl (C=O) groups excluding carboxylic acids is 2. The number of nitrogens with one attached hydrogen (secondary N) is 2. The molecular formula is C20H21N3O3. The number of rotatable bonds is 6.